The van der Waals surface area contributed by atoms with Gasteiger partial charge in [-0.05, 0) is 24.6 Å². The highest BCUT2D eigenvalue weighted by atomic mass is 32.2. The van der Waals surface area contributed by atoms with E-state index in [1.165, 1.54) is 12.1 Å². The van der Waals surface area contributed by atoms with Gasteiger partial charge in [-0.25, -0.2) is 0 Å². The number of hydrogen-bond donors (Lipinski definition) is 1. The number of alkyl halides is 3. The normalized spacial score (nSPS) is 19.5. The van der Waals surface area contributed by atoms with Crippen molar-refractivity contribution in [3.8, 4) is 0 Å². The van der Waals surface area contributed by atoms with Gasteiger partial charge in [0.25, 0.3) is 5.91 Å². The zero-order valence-corrected chi connectivity index (χ0v) is 10.5. The van der Waals surface area contributed by atoms with Crippen LogP contribution in [-0.2, 0) is 11.0 Å². The van der Waals surface area contributed by atoms with Gasteiger partial charge in [-0.1, -0.05) is 17.8 Å². The Labute approximate surface area is 111 Å². The van der Waals surface area contributed by atoms with E-state index < -0.39 is 23.7 Å². The van der Waals surface area contributed by atoms with Crippen molar-refractivity contribution in [1.82, 2.24) is 5.32 Å². The largest absolute Gasteiger partial charge is 0.416 e. The zero-order chi connectivity index (χ0) is 14.0. The standard InChI is InChI=1S/C12H10F3NO2S/c13-12(14,15)8-3-1-2-7(6-8)10(17)16-9-4-5-19-11(9)18/h1-3,6,9H,4-5H2,(H,16,17)/t9-/m1/s1. The number of nitrogens with one attached hydrogen (secondary N) is 1. The predicted octanol–water partition coefficient (Wildman–Crippen LogP) is 2.47. The molecular weight excluding hydrogens is 279 g/mol. The van der Waals surface area contributed by atoms with Crippen LogP contribution in [0.1, 0.15) is 22.3 Å². The molecule has 0 aliphatic carbocycles. The second kappa shape index (κ2) is 5.24. The highest BCUT2D eigenvalue weighted by Crippen LogP contribution is 2.29. The topological polar surface area (TPSA) is 46.2 Å². The maximum absolute atomic E-state index is 12.5. The molecule has 7 heteroatoms. The Kier molecular flexibility index (Phi) is 3.84. The number of thioether (sulfide) groups is 1. The molecule has 1 aliphatic rings. The van der Waals surface area contributed by atoms with Gasteiger partial charge in [-0.15, -0.1) is 0 Å². The van der Waals surface area contributed by atoms with Crippen LogP contribution in [-0.4, -0.2) is 22.8 Å². The summed E-state index contributed by atoms with van der Waals surface area (Å²) in [6.07, 6.45) is -3.98. The number of benzene rings is 1. The van der Waals surface area contributed by atoms with Crippen molar-refractivity contribution in [2.45, 2.75) is 18.6 Å². The number of halogens is 3. The van der Waals surface area contributed by atoms with Crippen LogP contribution < -0.4 is 5.32 Å². The maximum Gasteiger partial charge on any atom is 0.416 e. The molecule has 1 atom stereocenters. The van der Waals surface area contributed by atoms with Crippen LogP contribution in [0, 0.1) is 0 Å². The van der Waals surface area contributed by atoms with E-state index in [4.69, 9.17) is 0 Å². The van der Waals surface area contributed by atoms with Gasteiger partial charge < -0.3 is 5.32 Å². The van der Waals surface area contributed by atoms with E-state index in [0.29, 0.717) is 12.2 Å². The lowest BCUT2D eigenvalue weighted by Crippen LogP contribution is -2.37. The third kappa shape index (κ3) is 3.28. The Morgan fingerprint density at radius 1 is 1.37 bits per heavy atom. The van der Waals surface area contributed by atoms with Gasteiger partial charge in [0.2, 0.25) is 5.12 Å². The lowest BCUT2D eigenvalue weighted by atomic mass is 10.1. The lowest BCUT2D eigenvalue weighted by Gasteiger charge is -2.12. The summed E-state index contributed by atoms with van der Waals surface area (Å²) >= 11 is 1.12. The third-order valence-electron chi connectivity index (χ3n) is 2.69. The minimum atomic E-state index is -4.49. The van der Waals surface area contributed by atoms with E-state index in [-0.39, 0.29) is 10.7 Å². The number of hydrogen-bond acceptors (Lipinski definition) is 3. The summed E-state index contributed by atoms with van der Waals surface area (Å²) in [7, 11) is 0. The first-order valence-electron chi connectivity index (χ1n) is 5.52. The molecular formula is C12H10F3NO2S. The van der Waals surface area contributed by atoms with Crippen molar-refractivity contribution >= 4 is 22.8 Å². The second-order valence-corrected chi connectivity index (χ2v) is 5.16. The Hall–Kier alpha value is -1.50. The Morgan fingerprint density at radius 3 is 2.68 bits per heavy atom. The second-order valence-electron chi connectivity index (χ2n) is 4.06. The number of amides is 1. The van der Waals surface area contributed by atoms with Gasteiger partial charge in [-0.3, -0.25) is 9.59 Å². The maximum atomic E-state index is 12.5. The van der Waals surface area contributed by atoms with Gasteiger partial charge in [0.1, 0.15) is 0 Å². The third-order valence-corrected chi connectivity index (χ3v) is 3.70. The molecule has 19 heavy (non-hydrogen) atoms. The Balaban J connectivity index is 2.13. The van der Waals surface area contributed by atoms with E-state index in [1.807, 2.05) is 0 Å². The molecule has 3 nitrogen and oxygen atoms in total. The fraction of sp³-hybridized carbons (Fsp3) is 0.333. The number of carbonyl (C=O) groups excluding carboxylic acids is 2. The van der Waals surface area contributed by atoms with Crippen molar-refractivity contribution in [2.24, 2.45) is 0 Å². The molecule has 1 saturated heterocycles. The molecule has 2 rings (SSSR count). The molecule has 102 valence electrons. The first kappa shape index (κ1) is 13.9. The molecule has 0 spiro atoms. The van der Waals surface area contributed by atoms with Gasteiger partial charge in [-0.2, -0.15) is 13.2 Å². The molecule has 0 aromatic heterocycles. The lowest BCUT2D eigenvalue weighted by molar-refractivity contribution is -0.137. The molecule has 1 N–H and O–H groups in total. The summed E-state index contributed by atoms with van der Waals surface area (Å²) in [5, 5.41) is 2.29. The minimum absolute atomic E-state index is 0.0977. The van der Waals surface area contributed by atoms with Crippen LogP contribution in [0.3, 0.4) is 0 Å². The fourth-order valence-corrected chi connectivity index (χ4v) is 2.64. The van der Waals surface area contributed by atoms with Gasteiger partial charge in [0.15, 0.2) is 0 Å². The molecule has 1 aromatic carbocycles. The first-order chi connectivity index (χ1) is 8.88. The summed E-state index contributed by atoms with van der Waals surface area (Å²) < 4.78 is 37.5. The van der Waals surface area contributed by atoms with E-state index in [1.54, 1.807) is 0 Å². The van der Waals surface area contributed by atoms with Crippen LogP contribution in [0.2, 0.25) is 0 Å². The van der Waals surface area contributed by atoms with E-state index in [2.05, 4.69) is 5.32 Å². The summed E-state index contributed by atoms with van der Waals surface area (Å²) in [6.45, 7) is 0. The van der Waals surface area contributed by atoms with Crippen LogP contribution in [0.15, 0.2) is 24.3 Å². The molecule has 0 radical (unpaired) electrons. The van der Waals surface area contributed by atoms with Gasteiger partial charge in [0, 0.05) is 11.3 Å². The fourth-order valence-electron chi connectivity index (χ4n) is 1.71. The molecule has 1 aromatic rings. The molecule has 1 aliphatic heterocycles. The molecule has 1 fully saturated rings. The van der Waals surface area contributed by atoms with Crippen LogP contribution >= 0.6 is 11.8 Å². The summed E-state index contributed by atoms with van der Waals surface area (Å²) in [5.41, 5.74) is -0.980. The Bertz CT molecular complexity index is 516. The van der Waals surface area contributed by atoms with Crippen molar-refractivity contribution in [3.05, 3.63) is 35.4 Å². The van der Waals surface area contributed by atoms with E-state index in [9.17, 15) is 22.8 Å². The number of rotatable bonds is 2. The molecule has 1 heterocycles. The summed E-state index contributed by atoms with van der Waals surface area (Å²) in [4.78, 5) is 23.1. The summed E-state index contributed by atoms with van der Waals surface area (Å²) in [6, 6.07) is 3.53. The first-order valence-corrected chi connectivity index (χ1v) is 6.51. The van der Waals surface area contributed by atoms with Crippen LogP contribution in [0.4, 0.5) is 13.2 Å². The predicted molar refractivity (Wildman–Crippen MR) is 64.8 cm³/mol. The minimum Gasteiger partial charge on any atom is -0.341 e. The van der Waals surface area contributed by atoms with Crippen LogP contribution in [0.25, 0.3) is 0 Å². The molecule has 1 amide bonds. The smallest absolute Gasteiger partial charge is 0.341 e. The van der Waals surface area contributed by atoms with Crippen molar-refractivity contribution in [1.29, 1.82) is 0 Å². The quantitative estimate of drug-likeness (QED) is 0.909. The Morgan fingerprint density at radius 2 is 2.11 bits per heavy atom. The number of carbonyl (C=O) groups is 2. The highest BCUT2D eigenvalue weighted by molar-refractivity contribution is 8.14. The van der Waals surface area contributed by atoms with Crippen molar-refractivity contribution in [3.63, 3.8) is 0 Å². The SMILES string of the molecule is O=C(N[C@@H]1CCSC1=O)c1cccc(C(F)(F)F)c1. The van der Waals surface area contributed by atoms with E-state index >= 15 is 0 Å². The summed E-state index contributed by atoms with van der Waals surface area (Å²) in [5.74, 6) is -0.0428. The zero-order valence-electron chi connectivity index (χ0n) is 9.66. The van der Waals surface area contributed by atoms with E-state index in [0.717, 1.165) is 23.9 Å². The monoisotopic (exact) mass is 289 g/mol. The average Bonchev–Trinajstić information content (AvgIpc) is 2.74. The van der Waals surface area contributed by atoms with Crippen molar-refractivity contribution < 1.29 is 22.8 Å². The molecule has 0 unspecified atom stereocenters. The average molecular weight is 289 g/mol. The molecule has 0 saturated carbocycles. The van der Waals surface area contributed by atoms with Crippen LogP contribution in [0.5, 0.6) is 0 Å². The highest BCUT2D eigenvalue weighted by Gasteiger charge is 2.31. The molecule has 0 bridgehead atoms. The van der Waals surface area contributed by atoms with Gasteiger partial charge in [0.05, 0.1) is 11.6 Å². The van der Waals surface area contributed by atoms with Crippen molar-refractivity contribution in [2.75, 3.05) is 5.75 Å². The van der Waals surface area contributed by atoms with Gasteiger partial charge >= 0.3 is 6.18 Å².